The molecule has 0 fully saturated rings. The Kier molecular flexibility index (Phi) is 12.5. The minimum atomic E-state index is -4.21. The van der Waals surface area contributed by atoms with Crippen LogP contribution in [0.5, 0.6) is 5.75 Å². The van der Waals surface area contributed by atoms with Gasteiger partial charge < -0.3 is 15.0 Å². The smallest absolute Gasteiger partial charge is 0.264 e. The van der Waals surface area contributed by atoms with E-state index in [0.29, 0.717) is 18.8 Å². The minimum absolute atomic E-state index is 0.0519. The number of rotatable bonds is 15. The van der Waals surface area contributed by atoms with Crippen molar-refractivity contribution in [2.75, 3.05) is 23.7 Å². The third-order valence-corrected chi connectivity index (χ3v) is 9.74. The Morgan fingerprint density at radius 2 is 1.58 bits per heavy atom. The molecule has 2 amide bonds. The summed E-state index contributed by atoms with van der Waals surface area (Å²) in [6.07, 6.45) is 3.01. The fourth-order valence-electron chi connectivity index (χ4n) is 4.58. The zero-order valence-corrected chi connectivity index (χ0v) is 27.5. The molecule has 0 aromatic heterocycles. The molecular weight excluding hydrogens is 583 g/mol. The van der Waals surface area contributed by atoms with Gasteiger partial charge in [0, 0.05) is 17.5 Å². The first kappa shape index (κ1) is 34.0. The first-order valence-corrected chi connectivity index (χ1v) is 17.3. The number of ether oxygens (including phenoxy) is 1. The summed E-state index contributed by atoms with van der Waals surface area (Å²) >= 11 is 1.51. The SMILES string of the molecule is CCOc1ccccc1N(CC(=O)N(Cc1ccc(C)cc1)[C@@H](CC)C(=O)N[C@@H](C)CC)S(=O)(=O)c1ccc(SC)cc1. The van der Waals surface area contributed by atoms with Crippen LogP contribution in [0.4, 0.5) is 5.69 Å². The van der Waals surface area contributed by atoms with Crippen molar-refractivity contribution in [1.82, 2.24) is 10.2 Å². The molecule has 0 heterocycles. The Morgan fingerprint density at radius 1 is 0.930 bits per heavy atom. The van der Waals surface area contributed by atoms with Gasteiger partial charge in [-0.05, 0) is 81.8 Å². The fraction of sp³-hybridized carbons (Fsp3) is 0.394. The first-order chi connectivity index (χ1) is 20.5. The first-order valence-electron chi connectivity index (χ1n) is 14.6. The van der Waals surface area contributed by atoms with E-state index in [4.69, 9.17) is 4.74 Å². The lowest BCUT2D eigenvalue weighted by Gasteiger charge is -2.34. The van der Waals surface area contributed by atoms with Crippen LogP contribution in [0.25, 0.3) is 0 Å². The van der Waals surface area contributed by atoms with Crippen molar-refractivity contribution in [2.45, 2.75) is 75.9 Å². The zero-order chi connectivity index (χ0) is 31.6. The van der Waals surface area contributed by atoms with E-state index < -0.39 is 28.5 Å². The van der Waals surface area contributed by atoms with Crippen LogP contribution < -0.4 is 14.4 Å². The molecule has 0 radical (unpaired) electrons. The molecule has 2 atom stereocenters. The van der Waals surface area contributed by atoms with Gasteiger partial charge in [-0.3, -0.25) is 13.9 Å². The van der Waals surface area contributed by atoms with Crippen LogP contribution in [0.3, 0.4) is 0 Å². The number of nitrogens with one attached hydrogen (secondary N) is 1. The van der Waals surface area contributed by atoms with E-state index in [1.807, 2.05) is 65.1 Å². The molecule has 0 unspecified atom stereocenters. The number of sulfonamides is 1. The lowest BCUT2D eigenvalue weighted by molar-refractivity contribution is -0.140. The maximum absolute atomic E-state index is 14.3. The van der Waals surface area contributed by atoms with E-state index in [0.717, 1.165) is 26.7 Å². The standard InChI is InChI=1S/C33H43N3O5S2/c1-7-25(5)34-33(38)29(8-2)35(22-26-16-14-24(4)15-17-26)32(37)23-36(30-12-10-11-13-31(30)41-9-3)43(39,40)28-20-18-27(42-6)19-21-28/h10-21,25,29H,7-9,22-23H2,1-6H3,(H,34,38)/t25-,29-/m0/s1. The number of thioether (sulfide) groups is 1. The van der Waals surface area contributed by atoms with Crippen molar-refractivity contribution < 1.29 is 22.7 Å². The maximum atomic E-state index is 14.3. The highest BCUT2D eigenvalue weighted by atomic mass is 32.2. The molecule has 1 N–H and O–H groups in total. The van der Waals surface area contributed by atoms with Crippen LogP contribution in [0.15, 0.2) is 82.6 Å². The van der Waals surface area contributed by atoms with Gasteiger partial charge in [0.2, 0.25) is 11.8 Å². The number of carbonyl (C=O) groups is 2. The second-order valence-electron chi connectivity index (χ2n) is 10.3. The molecule has 8 nitrogen and oxygen atoms in total. The number of hydrogen-bond donors (Lipinski definition) is 1. The van der Waals surface area contributed by atoms with Crippen LogP contribution in [0, 0.1) is 6.92 Å². The van der Waals surface area contributed by atoms with Crippen molar-refractivity contribution in [3.8, 4) is 5.75 Å². The van der Waals surface area contributed by atoms with Gasteiger partial charge in [-0.15, -0.1) is 11.8 Å². The highest BCUT2D eigenvalue weighted by molar-refractivity contribution is 7.98. The molecule has 0 aliphatic rings. The third kappa shape index (κ3) is 8.76. The highest BCUT2D eigenvalue weighted by Crippen LogP contribution is 2.33. The van der Waals surface area contributed by atoms with Crippen molar-refractivity contribution in [3.05, 3.63) is 83.9 Å². The van der Waals surface area contributed by atoms with Crippen molar-refractivity contribution in [2.24, 2.45) is 0 Å². The number of benzene rings is 3. The van der Waals surface area contributed by atoms with Crippen LogP contribution in [0.1, 0.15) is 51.7 Å². The lowest BCUT2D eigenvalue weighted by atomic mass is 10.1. The van der Waals surface area contributed by atoms with Gasteiger partial charge in [-0.1, -0.05) is 55.8 Å². The Labute approximate surface area is 260 Å². The molecule has 0 aliphatic carbocycles. The highest BCUT2D eigenvalue weighted by Gasteiger charge is 2.35. The predicted molar refractivity (Wildman–Crippen MR) is 174 cm³/mol. The van der Waals surface area contributed by atoms with Gasteiger partial charge in [0.1, 0.15) is 18.3 Å². The van der Waals surface area contributed by atoms with E-state index in [-0.39, 0.29) is 29.1 Å². The van der Waals surface area contributed by atoms with Gasteiger partial charge in [0.15, 0.2) is 0 Å². The van der Waals surface area contributed by atoms with Crippen LogP contribution >= 0.6 is 11.8 Å². The van der Waals surface area contributed by atoms with Gasteiger partial charge in [-0.25, -0.2) is 8.42 Å². The van der Waals surface area contributed by atoms with E-state index in [2.05, 4.69) is 5.32 Å². The molecule has 0 aliphatic heterocycles. The Balaban J connectivity index is 2.11. The summed E-state index contributed by atoms with van der Waals surface area (Å²) in [5.41, 5.74) is 2.16. The quantitative estimate of drug-likeness (QED) is 0.207. The Morgan fingerprint density at radius 3 is 2.16 bits per heavy atom. The number of nitrogens with zero attached hydrogens (tertiary/aromatic N) is 2. The molecule has 10 heteroatoms. The predicted octanol–water partition coefficient (Wildman–Crippen LogP) is 6.03. The minimum Gasteiger partial charge on any atom is -0.492 e. The molecule has 0 bridgehead atoms. The molecule has 0 spiro atoms. The summed E-state index contributed by atoms with van der Waals surface area (Å²) in [4.78, 5) is 30.2. The number of carbonyl (C=O) groups excluding carboxylic acids is 2. The summed E-state index contributed by atoms with van der Waals surface area (Å²) < 4.78 is 35.3. The summed E-state index contributed by atoms with van der Waals surface area (Å²) in [5.74, 6) is -0.426. The zero-order valence-electron chi connectivity index (χ0n) is 25.9. The third-order valence-electron chi connectivity index (χ3n) is 7.22. The molecule has 43 heavy (non-hydrogen) atoms. The number of para-hydroxylation sites is 2. The van der Waals surface area contributed by atoms with E-state index in [9.17, 15) is 18.0 Å². The lowest BCUT2D eigenvalue weighted by Crippen LogP contribution is -2.53. The van der Waals surface area contributed by atoms with Crippen molar-refractivity contribution in [3.63, 3.8) is 0 Å². The van der Waals surface area contributed by atoms with E-state index in [1.165, 1.54) is 16.7 Å². The largest absolute Gasteiger partial charge is 0.492 e. The molecule has 3 rings (SSSR count). The molecule has 3 aromatic carbocycles. The van der Waals surface area contributed by atoms with Crippen LogP contribution in [-0.2, 0) is 26.2 Å². The topological polar surface area (TPSA) is 96.0 Å². The van der Waals surface area contributed by atoms with Gasteiger partial charge in [-0.2, -0.15) is 0 Å². The average molecular weight is 626 g/mol. The van der Waals surface area contributed by atoms with Crippen molar-refractivity contribution >= 4 is 39.3 Å². The maximum Gasteiger partial charge on any atom is 0.264 e. The van der Waals surface area contributed by atoms with Gasteiger partial charge in [0.05, 0.1) is 17.2 Å². The number of amides is 2. The van der Waals surface area contributed by atoms with Crippen molar-refractivity contribution in [1.29, 1.82) is 0 Å². The fourth-order valence-corrected chi connectivity index (χ4v) is 6.41. The molecule has 3 aromatic rings. The molecular formula is C33H43N3O5S2. The second-order valence-corrected chi connectivity index (χ2v) is 13.1. The monoisotopic (exact) mass is 625 g/mol. The van der Waals surface area contributed by atoms with Gasteiger partial charge in [0.25, 0.3) is 10.0 Å². The van der Waals surface area contributed by atoms with E-state index >= 15 is 0 Å². The van der Waals surface area contributed by atoms with Gasteiger partial charge >= 0.3 is 0 Å². The summed E-state index contributed by atoms with van der Waals surface area (Å²) in [5, 5.41) is 3.00. The second kappa shape index (κ2) is 15.8. The number of anilines is 1. The van der Waals surface area contributed by atoms with Crippen LogP contribution in [0.2, 0.25) is 0 Å². The Hall–Kier alpha value is -3.50. The van der Waals surface area contributed by atoms with Crippen LogP contribution in [-0.4, -0.2) is 56.6 Å². The number of aryl methyl sites for hydroxylation is 1. The normalized spacial score (nSPS) is 12.7. The molecule has 0 saturated heterocycles. The van der Waals surface area contributed by atoms with E-state index in [1.54, 1.807) is 48.5 Å². The summed E-state index contributed by atoms with van der Waals surface area (Å²) in [6.45, 7) is 9.48. The molecule has 0 saturated carbocycles. The Bertz CT molecular complexity index is 1460. The average Bonchev–Trinajstić information content (AvgIpc) is 3.01. The summed E-state index contributed by atoms with van der Waals surface area (Å²) in [7, 11) is -4.21. The number of hydrogen-bond acceptors (Lipinski definition) is 6. The molecule has 232 valence electrons. The summed E-state index contributed by atoms with van der Waals surface area (Å²) in [6, 6.07) is 20.2.